The molecular weight excluding hydrogens is 332 g/mol. The molecule has 0 atom stereocenters. The van der Waals surface area contributed by atoms with Gasteiger partial charge in [-0.05, 0) is 34.6 Å². The molecule has 0 amide bonds. The van der Waals surface area contributed by atoms with Gasteiger partial charge in [-0.15, -0.1) is 0 Å². The molecule has 0 fully saturated rings. The lowest BCUT2D eigenvalue weighted by Gasteiger charge is -2.20. The van der Waals surface area contributed by atoms with Crippen molar-refractivity contribution in [2.75, 3.05) is 20.3 Å². The molecule has 0 unspecified atom stereocenters. The van der Waals surface area contributed by atoms with E-state index in [1.54, 1.807) is 31.4 Å². The monoisotopic (exact) mass is 362 g/mol. The number of benzene rings is 1. The fraction of sp³-hybridized carbons (Fsp3) is 0.524. The highest BCUT2D eigenvalue weighted by Gasteiger charge is 2.25. The number of esters is 2. The summed E-state index contributed by atoms with van der Waals surface area (Å²) >= 11 is 0. The summed E-state index contributed by atoms with van der Waals surface area (Å²) in [4.78, 5) is 24.9. The Morgan fingerprint density at radius 3 is 1.62 bits per heavy atom. The molecule has 26 heavy (non-hydrogen) atoms. The Hall–Kier alpha value is -2.30. The second kappa shape index (κ2) is 8.88. The van der Waals surface area contributed by atoms with Crippen molar-refractivity contribution in [3.8, 4) is 5.75 Å². The minimum Gasteiger partial charge on any atom is -0.497 e. The van der Waals surface area contributed by atoms with Gasteiger partial charge in [-0.25, -0.2) is 9.59 Å². The van der Waals surface area contributed by atoms with Crippen molar-refractivity contribution in [2.45, 2.75) is 41.5 Å². The van der Waals surface area contributed by atoms with Gasteiger partial charge in [0, 0.05) is 0 Å². The standard InChI is InChI=1S/C21H30O5/c1-20(2,3)13-25-18(22)17(19(23)26-14-21(4,5)6)12-15-8-10-16(24-7)11-9-15/h8-12H,13-14H2,1-7H3. The first-order valence-corrected chi connectivity index (χ1v) is 8.61. The van der Waals surface area contributed by atoms with Crippen molar-refractivity contribution in [3.05, 3.63) is 35.4 Å². The van der Waals surface area contributed by atoms with Crippen molar-refractivity contribution in [2.24, 2.45) is 10.8 Å². The molecule has 1 rings (SSSR count). The molecule has 0 aliphatic rings. The highest BCUT2D eigenvalue weighted by Crippen LogP contribution is 2.19. The van der Waals surface area contributed by atoms with Crippen LogP contribution in [0.3, 0.4) is 0 Å². The third-order valence-electron chi connectivity index (χ3n) is 3.14. The molecule has 0 saturated heterocycles. The van der Waals surface area contributed by atoms with Crippen molar-refractivity contribution >= 4 is 18.0 Å². The van der Waals surface area contributed by atoms with Crippen LogP contribution in [-0.4, -0.2) is 32.3 Å². The zero-order valence-electron chi connectivity index (χ0n) is 16.8. The van der Waals surface area contributed by atoms with Crippen LogP contribution in [0.5, 0.6) is 5.75 Å². The Bertz CT molecular complexity index is 610. The van der Waals surface area contributed by atoms with Crippen LogP contribution in [0, 0.1) is 10.8 Å². The summed E-state index contributed by atoms with van der Waals surface area (Å²) in [6.07, 6.45) is 1.48. The predicted molar refractivity (Wildman–Crippen MR) is 102 cm³/mol. The van der Waals surface area contributed by atoms with E-state index in [4.69, 9.17) is 14.2 Å². The molecule has 0 aromatic heterocycles. The predicted octanol–water partition coefficient (Wildman–Crippen LogP) is 4.26. The van der Waals surface area contributed by atoms with E-state index in [1.165, 1.54) is 6.08 Å². The van der Waals surface area contributed by atoms with Gasteiger partial charge in [-0.1, -0.05) is 53.7 Å². The van der Waals surface area contributed by atoms with Crippen molar-refractivity contribution in [3.63, 3.8) is 0 Å². The summed E-state index contributed by atoms with van der Waals surface area (Å²) in [6.45, 7) is 12.1. The Balaban J connectivity index is 3.04. The Morgan fingerprint density at radius 1 is 0.846 bits per heavy atom. The molecule has 1 aromatic rings. The third-order valence-corrected chi connectivity index (χ3v) is 3.14. The number of hydrogen-bond acceptors (Lipinski definition) is 5. The second-order valence-corrected chi connectivity index (χ2v) is 8.60. The minimum atomic E-state index is -0.686. The molecule has 144 valence electrons. The van der Waals surface area contributed by atoms with Gasteiger partial charge in [0.25, 0.3) is 0 Å². The van der Waals surface area contributed by atoms with Crippen LogP contribution in [0.1, 0.15) is 47.1 Å². The Morgan fingerprint density at radius 2 is 1.27 bits per heavy atom. The summed E-state index contributed by atoms with van der Waals surface area (Å²) in [5.41, 5.74) is 0.164. The van der Waals surface area contributed by atoms with Crippen molar-refractivity contribution in [1.82, 2.24) is 0 Å². The molecule has 0 N–H and O–H groups in total. The molecule has 1 aromatic carbocycles. The molecule has 0 spiro atoms. The normalized spacial score (nSPS) is 11.5. The number of carbonyl (C=O) groups is 2. The van der Waals surface area contributed by atoms with Crippen LogP contribution in [0.4, 0.5) is 0 Å². The summed E-state index contributed by atoms with van der Waals surface area (Å²) in [6, 6.07) is 7.02. The van der Waals surface area contributed by atoms with E-state index in [0.29, 0.717) is 11.3 Å². The molecule has 0 radical (unpaired) electrons. The van der Waals surface area contributed by atoms with Gasteiger partial charge in [0.2, 0.25) is 0 Å². The van der Waals surface area contributed by atoms with Crippen LogP contribution in [0.15, 0.2) is 29.8 Å². The lowest BCUT2D eigenvalue weighted by Crippen LogP contribution is -2.25. The Kier molecular flexibility index (Phi) is 7.42. The maximum absolute atomic E-state index is 12.5. The smallest absolute Gasteiger partial charge is 0.345 e. The largest absolute Gasteiger partial charge is 0.497 e. The molecule has 0 heterocycles. The molecule has 5 heteroatoms. The topological polar surface area (TPSA) is 61.8 Å². The van der Waals surface area contributed by atoms with Gasteiger partial charge in [0.1, 0.15) is 11.3 Å². The number of hydrogen-bond donors (Lipinski definition) is 0. The number of ether oxygens (including phenoxy) is 3. The number of methoxy groups -OCH3 is 1. The van der Waals surface area contributed by atoms with E-state index >= 15 is 0 Å². The average molecular weight is 362 g/mol. The first-order chi connectivity index (χ1) is 11.9. The number of carbonyl (C=O) groups excluding carboxylic acids is 2. The molecule has 0 bridgehead atoms. The SMILES string of the molecule is COc1ccc(C=C(C(=O)OCC(C)(C)C)C(=O)OCC(C)(C)C)cc1. The van der Waals surface area contributed by atoms with Crippen LogP contribution < -0.4 is 4.74 Å². The van der Waals surface area contributed by atoms with Crippen molar-refractivity contribution < 1.29 is 23.8 Å². The first kappa shape index (κ1) is 21.7. The maximum Gasteiger partial charge on any atom is 0.345 e. The fourth-order valence-electron chi connectivity index (χ4n) is 1.79. The minimum absolute atomic E-state index is 0.122. The van der Waals surface area contributed by atoms with Gasteiger partial charge in [-0.3, -0.25) is 0 Å². The highest BCUT2D eigenvalue weighted by atomic mass is 16.6. The molecule has 0 aliphatic carbocycles. The highest BCUT2D eigenvalue weighted by molar-refractivity contribution is 6.17. The summed E-state index contributed by atoms with van der Waals surface area (Å²) in [5, 5.41) is 0. The molecule has 0 aliphatic heterocycles. The van der Waals surface area contributed by atoms with E-state index in [0.717, 1.165) is 0 Å². The van der Waals surface area contributed by atoms with Gasteiger partial charge in [0.15, 0.2) is 0 Å². The van der Waals surface area contributed by atoms with Crippen LogP contribution in [0.25, 0.3) is 6.08 Å². The lowest BCUT2D eigenvalue weighted by atomic mass is 9.98. The first-order valence-electron chi connectivity index (χ1n) is 8.61. The zero-order valence-corrected chi connectivity index (χ0v) is 16.8. The summed E-state index contributed by atoms with van der Waals surface area (Å²) < 4.78 is 15.7. The molecular formula is C21H30O5. The van der Waals surface area contributed by atoms with Crippen LogP contribution >= 0.6 is 0 Å². The zero-order chi connectivity index (χ0) is 20.0. The summed E-state index contributed by atoms with van der Waals surface area (Å²) in [7, 11) is 1.57. The van der Waals surface area contributed by atoms with Gasteiger partial charge in [0.05, 0.1) is 20.3 Å². The number of rotatable bonds is 6. The third kappa shape index (κ3) is 8.19. The van der Waals surface area contributed by atoms with Gasteiger partial charge >= 0.3 is 11.9 Å². The Labute approximate surface area is 156 Å². The van der Waals surface area contributed by atoms with E-state index < -0.39 is 11.9 Å². The van der Waals surface area contributed by atoms with Crippen LogP contribution in [-0.2, 0) is 19.1 Å². The van der Waals surface area contributed by atoms with Crippen molar-refractivity contribution in [1.29, 1.82) is 0 Å². The van der Waals surface area contributed by atoms with E-state index in [-0.39, 0.29) is 29.6 Å². The lowest BCUT2D eigenvalue weighted by molar-refractivity contribution is -0.149. The average Bonchev–Trinajstić information content (AvgIpc) is 2.54. The molecule has 0 saturated carbocycles. The van der Waals surface area contributed by atoms with E-state index in [2.05, 4.69) is 0 Å². The van der Waals surface area contributed by atoms with E-state index in [9.17, 15) is 9.59 Å². The fourth-order valence-corrected chi connectivity index (χ4v) is 1.79. The van der Waals surface area contributed by atoms with Crippen LogP contribution in [0.2, 0.25) is 0 Å². The van der Waals surface area contributed by atoms with Gasteiger partial charge < -0.3 is 14.2 Å². The second-order valence-electron chi connectivity index (χ2n) is 8.60. The quantitative estimate of drug-likeness (QED) is 0.327. The summed E-state index contributed by atoms with van der Waals surface area (Å²) in [5.74, 6) is -0.682. The van der Waals surface area contributed by atoms with Gasteiger partial charge in [-0.2, -0.15) is 0 Å². The molecule has 5 nitrogen and oxygen atoms in total. The maximum atomic E-state index is 12.5. The van der Waals surface area contributed by atoms with E-state index in [1.807, 2.05) is 41.5 Å².